The molecular weight excluding hydrogens is 265 g/mol. The average Bonchev–Trinajstić information content (AvgIpc) is 2.14. The maximum Gasteiger partial charge on any atom is 0.573 e. The van der Waals surface area contributed by atoms with Crippen molar-refractivity contribution in [3.63, 3.8) is 0 Å². The summed E-state index contributed by atoms with van der Waals surface area (Å²) < 4.78 is 39.8. The summed E-state index contributed by atoms with van der Waals surface area (Å²) >= 11 is 9.12. The topological polar surface area (TPSA) is 26.3 Å². The average molecular weight is 271 g/mol. The van der Waals surface area contributed by atoms with Crippen molar-refractivity contribution in [3.8, 4) is 5.75 Å². The van der Waals surface area contributed by atoms with Crippen LogP contribution in [0.15, 0.2) is 23.1 Å². The van der Waals surface area contributed by atoms with Crippen LogP contribution in [0.4, 0.5) is 13.2 Å². The second-order valence-corrected chi connectivity index (χ2v) is 3.57. The van der Waals surface area contributed by atoms with E-state index in [9.17, 15) is 18.0 Å². The minimum absolute atomic E-state index is 0.217. The molecule has 1 rings (SSSR count). The van der Waals surface area contributed by atoms with Crippen LogP contribution in [0.1, 0.15) is 10.4 Å². The van der Waals surface area contributed by atoms with Crippen molar-refractivity contribution in [2.45, 2.75) is 11.3 Å². The van der Waals surface area contributed by atoms with Crippen LogP contribution in [-0.4, -0.2) is 18.0 Å². The molecule has 7 heteroatoms. The van der Waals surface area contributed by atoms with Crippen molar-refractivity contribution in [2.75, 3.05) is 5.88 Å². The zero-order valence-corrected chi connectivity index (χ0v) is 9.37. The number of ether oxygens (including phenoxy) is 1. The molecule has 1 aromatic carbocycles. The summed E-state index contributed by atoms with van der Waals surface area (Å²) in [6, 6.07) is 3.58. The molecule has 0 spiro atoms. The third-order valence-corrected chi connectivity index (χ3v) is 2.13. The molecule has 0 aliphatic rings. The number of Topliss-reactive ketones (excluding diaryl/α,β-unsaturated/α-hetero) is 1. The predicted octanol–water partition coefficient (Wildman–Crippen LogP) is 3.30. The van der Waals surface area contributed by atoms with Gasteiger partial charge in [-0.05, 0) is 18.2 Å². The SMILES string of the molecule is O=C(CCl)c1ccc(S)cc1OC(F)(F)F. The summed E-state index contributed by atoms with van der Waals surface area (Å²) in [6.45, 7) is 0. The van der Waals surface area contributed by atoms with Crippen molar-refractivity contribution >= 4 is 30.0 Å². The molecule has 2 nitrogen and oxygen atoms in total. The molecule has 0 amide bonds. The Morgan fingerprint density at radius 2 is 2.06 bits per heavy atom. The number of ketones is 1. The Morgan fingerprint density at radius 3 is 2.56 bits per heavy atom. The Bertz CT molecular complexity index is 406. The first-order valence-electron chi connectivity index (χ1n) is 4.01. The van der Waals surface area contributed by atoms with Crippen molar-refractivity contribution < 1.29 is 22.7 Å². The first-order chi connectivity index (χ1) is 7.33. The predicted molar refractivity (Wildman–Crippen MR) is 55.4 cm³/mol. The van der Waals surface area contributed by atoms with E-state index in [4.69, 9.17) is 11.6 Å². The standard InChI is InChI=1S/C9H6ClF3O2S/c10-4-7(14)6-2-1-5(16)3-8(6)15-9(11,12)13/h1-3,16H,4H2. The van der Waals surface area contributed by atoms with Crippen LogP contribution in [-0.2, 0) is 0 Å². The van der Waals surface area contributed by atoms with Gasteiger partial charge in [-0.2, -0.15) is 0 Å². The van der Waals surface area contributed by atoms with E-state index in [0.717, 1.165) is 6.07 Å². The monoisotopic (exact) mass is 270 g/mol. The molecule has 0 unspecified atom stereocenters. The Morgan fingerprint density at radius 1 is 1.44 bits per heavy atom. The number of thiol groups is 1. The molecule has 16 heavy (non-hydrogen) atoms. The molecule has 0 heterocycles. The number of halogens is 4. The zero-order chi connectivity index (χ0) is 12.3. The van der Waals surface area contributed by atoms with Crippen LogP contribution in [0.3, 0.4) is 0 Å². The molecule has 88 valence electrons. The van der Waals surface area contributed by atoms with E-state index in [1.807, 2.05) is 0 Å². The van der Waals surface area contributed by atoms with E-state index in [-0.39, 0.29) is 10.5 Å². The highest BCUT2D eigenvalue weighted by Gasteiger charge is 2.32. The normalized spacial score (nSPS) is 11.3. The maximum atomic E-state index is 12.0. The Hall–Kier alpha value is -0.880. The highest BCUT2D eigenvalue weighted by atomic mass is 35.5. The fraction of sp³-hybridized carbons (Fsp3) is 0.222. The molecule has 0 N–H and O–H groups in total. The molecule has 0 bridgehead atoms. The third-order valence-electron chi connectivity index (χ3n) is 1.61. The highest BCUT2D eigenvalue weighted by Crippen LogP contribution is 2.29. The lowest BCUT2D eigenvalue weighted by atomic mass is 10.1. The van der Waals surface area contributed by atoms with Crippen LogP contribution in [0.2, 0.25) is 0 Å². The van der Waals surface area contributed by atoms with Crippen LogP contribution in [0.25, 0.3) is 0 Å². The number of alkyl halides is 4. The smallest absolute Gasteiger partial charge is 0.405 e. The van der Waals surface area contributed by atoms with Gasteiger partial charge in [0, 0.05) is 4.90 Å². The Kier molecular flexibility index (Phi) is 4.09. The quantitative estimate of drug-likeness (QED) is 0.518. The van der Waals surface area contributed by atoms with Gasteiger partial charge in [0.1, 0.15) is 5.75 Å². The van der Waals surface area contributed by atoms with Gasteiger partial charge in [0.2, 0.25) is 0 Å². The van der Waals surface area contributed by atoms with Crippen LogP contribution < -0.4 is 4.74 Å². The minimum atomic E-state index is -4.86. The van der Waals surface area contributed by atoms with Crippen LogP contribution >= 0.6 is 24.2 Å². The van der Waals surface area contributed by atoms with Gasteiger partial charge >= 0.3 is 6.36 Å². The maximum absolute atomic E-state index is 12.0. The van der Waals surface area contributed by atoms with Crippen molar-refractivity contribution in [1.82, 2.24) is 0 Å². The van der Waals surface area contributed by atoms with Crippen molar-refractivity contribution in [1.29, 1.82) is 0 Å². The van der Waals surface area contributed by atoms with Crippen molar-refractivity contribution in [3.05, 3.63) is 23.8 Å². The van der Waals surface area contributed by atoms with Gasteiger partial charge < -0.3 is 4.74 Å². The van der Waals surface area contributed by atoms with E-state index in [0.29, 0.717) is 0 Å². The second-order valence-electron chi connectivity index (χ2n) is 2.79. The second kappa shape index (κ2) is 4.97. The lowest BCUT2D eigenvalue weighted by Crippen LogP contribution is -2.19. The van der Waals surface area contributed by atoms with Gasteiger partial charge in [0.05, 0.1) is 11.4 Å². The van der Waals surface area contributed by atoms with E-state index in [1.165, 1.54) is 12.1 Å². The largest absolute Gasteiger partial charge is 0.573 e. The summed E-state index contributed by atoms with van der Waals surface area (Å²) in [7, 11) is 0. The number of rotatable bonds is 3. The molecule has 0 radical (unpaired) electrons. The number of carbonyl (C=O) groups is 1. The van der Waals surface area contributed by atoms with Crippen LogP contribution in [0.5, 0.6) is 5.75 Å². The fourth-order valence-corrected chi connectivity index (χ4v) is 1.36. The van der Waals surface area contributed by atoms with E-state index < -0.39 is 23.8 Å². The summed E-state index contributed by atoms with van der Waals surface area (Å²) in [4.78, 5) is 11.5. The van der Waals surface area contributed by atoms with Gasteiger partial charge in [-0.3, -0.25) is 4.79 Å². The number of benzene rings is 1. The van der Waals surface area contributed by atoms with Gasteiger partial charge in [0.15, 0.2) is 5.78 Å². The Balaban J connectivity index is 3.13. The van der Waals surface area contributed by atoms with Gasteiger partial charge in [-0.15, -0.1) is 37.4 Å². The highest BCUT2D eigenvalue weighted by molar-refractivity contribution is 7.80. The molecule has 0 atom stereocenters. The first-order valence-corrected chi connectivity index (χ1v) is 4.99. The molecule has 0 saturated heterocycles. The zero-order valence-electron chi connectivity index (χ0n) is 7.71. The molecule has 0 fully saturated rings. The lowest BCUT2D eigenvalue weighted by Gasteiger charge is -2.12. The summed E-state index contributed by atoms with van der Waals surface area (Å²) in [5, 5.41) is 0. The third kappa shape index (κ3) is 3.61. The number of hydrogen-bond donors (Lipinski definition) is 1. The minimum Gasteiger partial charge on any atom is -0.405 e. The number of carbonyl (C=O) groups excluding carboxylic acids is 1. The molecule has 1 aromatic rings. The Labute approximate surface area is 99.8 Å². The van der Waals surface area contributed by atoms with E-state index >= 15 is 0 Å². The summed E-state index contributed by atoms with van der Waals surface area (Å²) in [5.74, 6) is -1.65. The van der Waals surface area contributed by atoms with Gasteiger partial charge in [0.25, 0.3) is 0 Å². The molecule has 0 aliphatic carbocycles. The molecule has 0 saturated carbocycles. The summed E-state index contributed by atoms with van der Waals surface area (Å²) in [5.41, 5.74) is -0.217. The van der Waals surface area contributed by atoms with E-state index in [1.54, 1.807) is 0 Å². The summed E-state index contributed by atoms with van der Waals surface area (Å²) in [6.07, 6.45) is -4.86. The fourth-order valence-electron chi connectivity index (χ4n) is 1.02. The number of hydrogen-bond acceptors (Lipinski definition) is 3. The van der Waals surface area contributed by atoms with E-state index in [2.05, 4.69) is 17.4 Å². The van der Waals surface area contributed by atoms with Crippen LogP contribution in [0, 0.1) is 0 Å². The molecule has 0 aliphatic heterocycles. The molecule has 0 aromatic heterocycles. The van der Waals surface area contributed by atoms with Gasteiger partial charge in [-0.1, -0.05) is 0 Å². The lowest BCUT2D eigenvalue weighted by molar-refractivity contribution is -0.274. The van der Waals surface area contributed by atoms with Gasteiger partial charge in [-0.25, -0.2) is 0 Å². The molecular formula is C9H6ClF3O2S. The van der Waals surface area contributed by atoms with Crippen molar-refractivity contribution in [2.24, 2.45) is 0 Å². The first kappa shape index (κ1) is 13.2.